The molecule has 1 aliphatic rings. The molecule has 3 atom stereocenters. The van der Waals surface area contributed by atoms with Gasteiger partial charge in [-0.1, -0.05) is 36.4 Å². The summed E-state index contributed by atoms with van der Waals surface area (Å²) in [5.41, 5.74) is 1.60. The van der Waals surface area contributed by atoms with Crippen LogP contribution in [-0.4, -0.2) is 41.5 Å². The molecule has 1 heterocycles. The molecule has 2 aromatic rings. The second-order valence-electron chi connectivity index (χ2n) is 7.45. The van der Waals surface area contributed by atoms with Crippen LogP contribution in [-0.2, 0) is 14.4 Å². The van der Waals surface area contributed by atoms with E-state index < -0.39 is 41.6 Å². The highest BCUT2D eigenvalue weighted by molar-refractivity contribution is 5.93. The summed E-state index contributed by atoms with van der Waals surface area (Å²) in [7, 11) is 0. The van der Waals surface area contributed by atoms with Gasteiger partial charge >= 0.3 is 0 Å². The SMILES string of the molecule is C[C@H](NC(=O)[C@@H](O)c1cc(F)cc(F)c1)C(=O)N[C@H]1CC=C(c2ccccc2)CNC1=O. The van der Waals surface area contributed by atoms with Crippen LogP contribution in [0.25, 0.3) is 5.57 Å². The first-order chi connectivity index (χ1) is 15.2. The van der Waals surface area contributed by atoms with Crippen LogP contribution in [0.3, 0.4) is 0 Å². The van der Waals surface area contributed by atoms with Crippen LogP contribution in [0, 0.1) is 11.6 Å². The van der Waals surface area contributed by atoms with Crippen molar-refractivity contribution in [1.82, 2.24) is 16.0 Å². The predicted octanol–water partition coefficient (Wildman–Crippen LogP) is 1.59. The zero-order chi connectivity index (χ0) is 23.3. The van der Waals surface area contributed by atoms with Crippen molar-refractivity contribution in [1.29, 1.82) is 0 Å². The lowest BCUT2D eigenvalue weighted by molar-refractivity contribution is -0.135. The minimum Gasteiger partial charge on any atom is -0.378 e. The fourth-order valence-electron chi connectivity index (χ4n) is 3.28. The molecule has 32 heavy (non-hydrogen) atoms. The van der Waals surface area contributed by atoms with Crippen LogP contribution in [0.5, 0.6) is 0 Å². The Balaban J connectivity index is 1.60. The standard InChI is InChI=1S/C23H23F2N3O4/c1-13(27-23(32)20(29)16-9-17(24)11-18(25)10-16)21(30)28-19-8-7-15(12-26-22(19)31)14-5-3-2-4-6-14/h2-7,9-11,13,19-20,29H,8,12H2,1H3,(H,26,31)(H,27,32)(H,28,30)/t13-,19-,20-/m0/s1. The summed E-state index contributed by atoms with van der Waals surface area (Å²) in [5.74, 6) is -3.91. The van der Waals surface area contributed by atoms with Gasteiger partial charge in [0, 0.05) is 12.6 Å². The Morgan fingerprint density at radius 3 is 2.41 bits per heavy atom. The van der Waals surface area contributed by atoms with Gasteiger partial charge in [-0.15, -0.1) is 0 Å². The number of benzene rings is 2. The molecule has 0 aliphatic carbocycles. The average Bonchev–Trinajstić information content (AvgIpc) is 2.94. The smallest absolute Gasteiger partial charge is 0.254 e. The average molecular weight is 443 g/mol. The fraction of sp³-hybridized carbons (Fsp3) is 0.261. The summed E-state index contributed by atoms with van der Waals surface area (Å²) in [4.78, 5) is 37.1. The van der Waals surface area contributed by atoms with E-state index in [4.69, 9.17) is 0 Å². The van der Waals surface area contributed by atoms with E-state index in [2.05, 4.69) is 16.0 Å². The van der Waals surface area contributed by atoms with Crippen molar-refractivity contribution in [3.05, 3.63) is 77.4 Å². The van der Waals surface area contributed by atoms with E-state index in [1.807, 2.05) is 36.4 Å². The van der Waals surface area contributed by atoms with Gasteiger partial charge in [0.2, 0.25) is 11.8 Å². The van der Waals surface area contributed by atoms with E-state index in [1.165, 1.54) is 6.92 Å². The molecule has 0 saturated heterocycles. The topological polar surface area (TPSA) is 108 Å². The first kappa shape index (κ1) is 23.1. The maximum Gasteiger partial charge on any atom is 0.254 e. The van der Waals surface area contributed by atoms with Crippen molar-refractivity contribution >= 4 is 23.3 Å². The van der Waals surface area contributed by atoms with Gasteiger partial charge in [-0.05, 0) is 42.2 Å². The van der Waals surface area contributed by atoms with Gasteiger partial charge in [-0.2, -0.15) is 0 Å². The third-order valence-electron chi connectivity index (χ3n) is 5.03. The third-order valence-corrected chi connectivity index (χ3v) is 5.03. The van der Waals surface area contributed by atoms with Crippen molar-refractivity contribution in [3.8, 4) is 0 Å². The van der Waals surface area contributed by atoms with E-state index in [1.54, 1.807) is 0 Å². The summed E-state index contributed by atoms with van der Waals surface area (Å²) < 4.78 is 26.6. The molecule has 0 unspecified atom stereocenters. The van der Waals surface area contributed by atoms with Gasteiger partial charge in [0.05, 0.1) is 0 Å². The van der Waals surface area contributed by atoms with E-state index in [0.29, 0.717) is 12.6 Å². The van der Waals surface area contributed by atoms with E-state index >= 15 is 0 Å². The number of rotatable bonds is 6. The molecular formula is C23H23F2N3O4. The summed E-state index contributed by atoms with van der Waals surface area (Å²) >= 11 is 0. The Morgan fingerprint density at radius 1 is 1.09 bits per heavy atom. The molecule has 0 radical (unpaired) electrons. The maximum atomic E-state index is 13.3. The minimum absolute atomic E-state index is 0.258. The zero-order valence-electron chi connectivity index (χ0n) is 17.3. The molecule has 0 bridgehead atoms. The number of amides is 3. The lowest BCUT2D eigenvalue weighted by Crippen LogP contribution is -2.52. The van der Waals surface area contributed by atoms with Crippen LogP contribution in [0.2, 0.25) is 0 Å². The first-order valence-electron chi connectivity index (χ1n) is 10.0. The first-order valence-corrected chi connectivity index (χ1v) is 10.0. The summed E-state index contributed by atoms with van der Waals surface area (Å²) in [5, 5.41) is 17.7. The van der Waals surface area contributed by atoms with Gasteiger partial charge in [-0.25, -0.2) is 8.78 Å². The Kier molecular flexibility index (Phi) is 7.32. The van der Waals surface area contributed by atoms with Crippen molar-refractivity contribution in [2.75, 3.05) is 6.54 Å². The monoisotopic (exact) mass is 443 g/mol. The number of nitrogens with one attached hydrogen (secondary N) is 3. The molecular weight excluding hydrogens is 420 g/mol. The number of carbonyl (C=O) groups is 3. The van der Waals surface area contributed by atoms with Crippen LogP contribution >= 0.6 is 0 Å². The third kappa shape index (κ3) is 5.76. The summed E-state index contributed by atoms with van der Waals surface area (Å²) in [6.07, 6.45) is 0.255. The van der Waals surface area contributed by atoms with E-state index in [-0.39, 0.29) is 17.9 Å². The van der Waals surface area contributed by atoms with Crippen LogP contribution in [0.15, 0.2) is 54.6 Å². The van der Waals surface area contributed by atoms with Crippen LogP contribution < -0.4 is 16.0 Å². The van der Waals surface area contributed by atoms with Gasteiger partial charge in [-0.3, -0.25) is 14.4 Å². The highest BCUT2D eigenvalue weighted by Gasteiger charge is 2.27. The molecule has 4 N–H and O–H groups in total. The van der Waals surface area contributed by atoms with Gasteiger partial charge in [0.15, 0.2) is 6.10 Å². The van der Waals surface area contributed by atoms with Gasteiger partial charge in [0.25, 0.3) is 5.91 Å². The predicted molar refractivity (Wildman–Crippen MR) is 113 cm³/mol. The second kappa shape index (κ2) is 10.1. The lowest BCUT2D eigenvalue weighted by Gasteiger charge is -2.20. The molecule has 7 nitrogen and oxygen atoms in total. The molecule has 1 aliphatic heterocycles. The molecule has 0 aromatic heterocycles. The number of aliphatic hydroxyl groups excluding tert-OH is 1. The molecule has 0 saturated carbocycles. The Bertz CT molecular complexity index is 1020. The molecule has 9 heteroatoms. The quantitative estimate of drug-likeness (QED) is 0.544. The Labute approximate surface area is 183 Å². The van der Waals surface area contributed by atoms with Crippen LogP contribution in [0.4, 0.5) is 8.78 Å². The summed E-state index contributed by atoms with van der Waals surface area (Å²) in [6.45, 7) is 1.68. The summed E-state index contributed by atoms with van der Waals surface area (Å²) in [6, 6.07) is 9.82. The number of carbonyl (C=O) groups excluding carboxylic acids is 3. The van der Waals surface area contributed by atoms with E-state index in [9.17, 15) is 28.3 Å². The van der Waals surface area contributed by atoms with Crippen LogP contribution in [0.1, 0.15) is 30.6 Å². The van der Waals surface area contributed by atoms with Crippen molar-refractivity contribution in [2.24, 2.45) is 0 Å². The number of halogens is 2. The molecule has 3 amide bonds. The normalized spacial score (nSPS) is 17.9. The Hall–Kier alpha value is -3.59. The highest BCUT2D eigenvalue weighted by atomic mass is 19.1. The second-order valence-corrected chi connectivity index (χ2v) is 7.45. The van der Waals surface area contributed by atoms with Gasteiger partial charge in [0.1, 0.15) is 23.7 Å². The largest absolute Gasteiger partial charge is 0.378 e. The lowest BCUT2D eigenvalue weighted by atomic mass is 10.0. The van der Waals surface area contributed by atoms with Crippen molar-refractivity contribution in [2.45, 2.75) is 31.5 Å². The number of hydrogen-bond donors (Lipinski definition) is 4. The molecule has 0 fully saturated rings. The maximum absolute atomic E-state index is 13.3. The highest BCUT2D eigenvalue weighted by Crippen LogP contribution is 2.18. The minimum atomic E-state index is -1.87. The zero-order valence-corrected chi connectivity index (χ0v) is 17.3. The van der Waals surface area contributed by atoms with Crippen molar-refractivity contribution < 1.29 is 28.3 Å². The van der Waals surface area contributed by atoms with Crippen molar-refractivity contribution in [3.63, 3.8) is 0 Å². The molecule has 168 valence electrons. The fourth-order valence-corrected chi connectivity index (χ4v) is 3.28. The molecule has 2 aromatic carbocycles. The Morgan fingerprint density at radius 2 is 1.75 bits per heavy atom. The van der Waals surface area contributed by atoms with E-state index in [0.717, 1.165) is 23.3 Å². The number of aliphatic hydroxyl groups is 1. The molecule has 3 rings (SSSR count). The number of hydrogen-bond acceptors (Lipinski definition) is 4. The molecule has 0 spiro atoms. The van der Waals surface area contributed by atoms with Gasteiger partial charge < -0.3 is 21.1 Å².